The number of aromatic nitrogens is 2. The van der Waals surface area contributed by atoms with Crippen LogP contribution in [0.3, 0.4) is 0 Å². The van der Waals surface area contributed by atoms with E-state index < -0.39 is 0 Å². The largest absolute Gasteiger partial charge is 0.497 e. The van der Waals surface area contributed by atoms with Crippen molar-refractivity contribution >= 4 is 29.3 Å². The molecular weight excluding hydrogens is 431 g/mol. The number of carbonyl (C=O) groups is 1. The van der Waals surface area contributed by atoms with Crippen LogP contribution in [0.1, 0.15) is 11.3 Å². The number of halogens is 2. The van der Waals surface area contributed by atoms with E-state index >= 15 is 0 Å². The molecule has 0 bridgehead atoms. The second kappa shape index (κ2) is 9.44. The van der Waals surface area contributed by atoms with Gasteiger partial charge in [-0.1, -0.05) is 11.6 Å². The lowest BCUT2D eigenvalue weighted by Crippen LogP contribution is -2.48. The Labute approximate surface area is 191 Å². The molecule has 32 heavy (non-hydrogen) atoms. The third-order valence-electron chi connectivity index (χ3n) is 5.54. The first-order chi connectivity index (χ1) is 15.5. The highest BCUT2D eigenvalue weighted by molar-refractivity contribution is 6.31. The van der Waals surface area contributed by atoms with Gasteiger partial charge in [-0.2, -0.15) is 5.10 Å². The number of hydrogen-bond donors (Lipinski definition) is 0. The fourth-order valence-electron chi connectivity index (χ4n) is 3.69. The molecule has 1 amide bonds. The number of nitrogens with zero attached hydrogens (tertiary/aromatic N) is 4. The van der Waals surface area contributed by atoms with Crippen molar-refractivity contribution in [2.24, 2.45) is 0 Å². The number of methoxy groups -OCH3 is 1. The number of ether oxygens (including phenoxy) is 1. The van der Waals surface area contributed by atoms with Crippen molar-refractivity contribution in [2.45, 2.75) is 6.92 Å². The zero-order valence-electron chi connectivity index (χ0n) is 18.0. The highest BCUT2D eigenvalue weighted by Crippen LogP contribution is 2.25. The third-order valence-corrected chi connectivity index (χ3v) is 5.90. The average Bonchev–Trinajstić information content (AvgIpc) is 3.11. The molecule has 0 radical (unpaired) electrons. The molecule has 0 aliphatic carbocycles. The van der Waals surface area contributed by atoms with Crippen LogP contribution in [0.5, 0.6) is 5.75 Å². The molecule has 4 rings (SSSR count). The molecule has 2 aromatic carbocycles. The summed E-state index contributed by atoms with van der Waals surface area (Å²) in [7, 11) is 1.65. The minimum Gasteiger partial charge on any atom is -0.497 e. The quantitative estimate of drug-likeness (QED) is 0.538. The van der Waals surface area contributed by atoms with E-state index in [0.717, 1.165) is 24.5 Å². The number of piperazine rings is 1. The fraction of sp³-hybridized carbons (Fsp3) is 0.250. The molecule has 0 atom stereocenters. The summed E-state index contributed by atoms with van der Waals surface area (Å²) in [6.45, 7) is 4.61. The number of benzene rings is 2. The van der Waals surface area contributed by atoms with Gasteiger partial charge in [0.25, 0.3) is 0 Å². The van der Waals surface area contributed by atoms with Gasteiger partial charge in [-0.3, -0.25) is 4.79 Å². The maximum atomic E-state index is 13.2. The van der Waals surface area contributed by atoms with Gasteiger partial charge < -0.3 is 14.5 Å². The van der Waals surface area contributed by atoms with Gasteiger partial charge in [-0.15, -0.1) is 0 Å². The monoisotopic (exact) mass is 454 g/mol. The summed E-state index contributed by atoms with van der Waals surface area (Å²) in [5.74, 6) is 0.431. The van der Waals surface area contributed by atoms with Gasteiger partial charge in [0, 0.05) is 43.5 Å². The third kappa shape index (κ3) is 4.62. The van der Waals surface area contributed by atoms with E-state index in [1.54, 1.807) is 25.3 Å². The van der Waals surface area contributed by atoms with Crippen LogP contribution < -0.4 is 9.64 Å². The summed E-state index contributed by atoms with van der Waals surface area (Å²) in [4.78, 5) is 16.8. The summed E-state index contributed by atoms with van der Waals surface area (Å²) in [5, 5.41) is 4.80. The van der Waals surface area contributed by atoms with Crippen molar-refractivity contribution in [2.75, 3.05) is 38.2 Å². The van der Waals surface area contributed by atoms with Crippen LogP contribution in [-0.2, 0) is 4.79 Å². The molecule has 8 heteroatoms. The van der Waals surface area contributed by atoms with Crippen LogP contribution in [-0.4, -0.2) is 53.9 Å². The summed E-state index contributed by atoms with van der Waals surface area (Å²) in [5.41, 5.74) is 3.12. The second-order valence-corrected chi connectivity index (χ2v) is 7.88. The van der Waals surface area contributed by atoms with Gasteiger partial charge in [0.1, 0.15) is 16.7 Å². The molecule has 2 heterocycles. The number of anilines is 1. The Morgan fingerprint density at radius 1 is 1.03 bits per heavy atom. The molecule has 1 aliphatic heterocycles. The number of rotatable bonds is 5. The van der Waals surface area contributed by atoms with Crippen molar-refractivity contribution in [3.05, 3.63) is 76.8 Å². The molecule has 0 spiro atoms. The van der Waals surface area contributed by atoms with Crippen LogP contribution in [0.15, 0.2) is 54.6 Å². The lowest BCUT2D eigenvalue weighted by molar-refractivity contribution is -0.126. The van der Waals surface area contributed by atoms with Crippen LogP contribution in [0.25, 0.3) is 11.8 Å². The fourth-order valence-corrected chi connectivity index (χ4v) is 4.03. The summed E-state index contributed by atoms with van der Waals surface area (Å²) < 4.78 is 19.9. The van der Waals surface area contributed by atoms with E-state index in [2.05, 4.69) is 10.00 Å². The van der Waals surface area contributed by atoms with Crippen LogP contribution >= 0.6 is 11.6 Å². The SMILES string of the molecule is COc1ccc(N2CCN(C(=O)/C=C/c3c(C)nn(-c4ccc(F)cc4)c3Cl)CC2)cc1. The summed E-state index contributed by atoms with van der Waals surface area (Å²) in [6, 6.07) is 13.9. The minimum atomic E-state index is -0.327. The number of hydrogen-bond acceptors (Lipinski definition) is 4. The van der Waals surface area contributed by atoms with Crippen molar-refractivity contribution < 1.29 is 13.9 Å². The van der Waals surface area contributed by atoms with Crippen LogP contribution in [0.2, 0.25) is 5.15 Å². The van der Waals surface area contributed by atoms with E-state index in [9.17, 15) is 9.18 Å². The van der Waals surface area contributed by atoms with E-state index in [-0.39, 0.29) is 11.7 Å². The van der Waals surface area contributed by atoms with Gasteiger partial charge in [0.05, 0.1) is 18.5 Å². The van der Waals surface area contributed by atoms with E-state index in [0.29, 0.717) is 35.2 Å². The van der Waals surface area contributed by atoms with Crippen molar-refractivity contribution in [1.29, 1.82) is 0 Å². The maximum absolute atomic E-state index is 13.2. The molecule has 1 fully saturated rings. The zero-order valence-corrected chi connectivity index (χ0v) is 18.7. The Kier molecular flexibility index (Phi) is 6.46. The Hall–Kier alpha value is -3.32. The lowest BCUT2D eigenvalue weighted by Gasteiger charge is -2.35. The smallest absolute Gasteiger partial charge is 0.246 e. The highest BCUT2D eigenvalue weighted by Gasteiger charge is 2.20. The molecule has 1 saturated heterocycles. The molecule has 0 saturated carbocycles. The van der Waals surface area contributed by atoms with E-state index in [1.165, 1.54) is 22.9 Å². The molecule has 0 N–H and O–H groups in total. The first-order valence-electron chi connectivity index (χ1n) is 10.3. The first kappa shape index (κ1) is 21.9. The summed E-state index contributed by atoms with van der Waals surface area (Å²) >= 11 is 6.50. The predicted octanol–water partition coefficient (Wildman–Crippen LogP) is 4.34. The molecule has 6 nitrogen and oxygen atoms in total. The maximum Gasteiger partial charge on any atom is 0.246 e. The van der Waals surface area contributed by atoms with Crippen LogP contribution in [0, 0.1) is 12.7 Å². The second-order valence-electron chi connectivity index (χ2n) is 7.52. The van der Waals surface area contributed by atoms with Crippen LogP contribution in [0.4, 0.5) is 10.1 Å². The summed E-state index contributed by atoms with van der Waals surface area (Å²) in [6.07, 6.45) is 3.23. The lowest BCUT2D eigenvalue weighted by atomic mass is 10.2. The highest BCUT2D eigenvalue weighted by atomic mass is 35.5. The molecule has 1 aromatic heterocycles. The van der Waals surface area contributed by atoms with Crippen molar-refractivity contribution in [3.63, 3.8) is 0 Å². The van der Waals surface area contributed by atoms with E-state index in [4.69, 9.17) is 16.3 Å². The molecular formula is C24H24ClFN4O2. The van der Waals surface area contributed by atoms with Crippen molar-refractivity contribution in [1.82, 2.24) is 14.7 Å². The molecule has 1 aliphatic rings. The number of amides is 1. The number of aryl methyl sites for hydroxylation is 1. The van der Waals surface area contributed by atoms with Gasteiger partial charge in [-0.05, 0) is 61.5 Å². The molecule has 3 aromatic rings. The number of carbonyl (C=O) groups excluding carboxylic acids is 1. The van der Waals surface area contributed by atoms with Gasteiger partial charge in [0.15, 0.2) is 0 Å². The topological polar surface area (TPSA) is 50.6 Å². The first-order valence-corrected chi connectivity index (χ1v) is 10.7. The Balaban J connectivity index is 1.40. The molecule has 166 valence electrons. The minimum absolute atomic E-state index is 0.0654. The van der Waals surface area contributed by atoms with Gasteiger partial charge >= 0.3 is 0 Å². The Morgan fingerprint density at radius 3 is 2.28 bits per heavy atom. The predicted molar refractivity (Wildman–Crippen MR) is 124 cm³/mol. The Bertz CT molecular complexity index is 1120. The normalized spacial score (nSPS) is 14.2. The van der Waals surface area contributed by atoms with Gasteiger partial charge in [0.2, 0.25) is 5.91 Å². The van der Waals surface area contributed by atoms with Crippen molar-refractivity contribution in [3.8, 4) is 11.4 Å². The average molecular weight is 455 g/mol. The zero-order chi connectivity index (χ0) is 22.7. The Morgan fingerprint density at radius 2 is 1.66 bits per heavy atom. The standard InChI is InChI=1S/C24H24ClFN4O2/c1-17-22(24(25)30(27-17)20-5-3-18(26)4-6-20)11-12-23(31)29-15-13-28(14-16-29)19-7-9-21(32-2)10-8-19/h3-12H,13-16H2,1-2H3/b12-11+. The van der Waals surface area contributed by atoms with E-state index in [1.807, 2.05) is 36.1 Å². The van der Waals surface area contributed by atoms with Gasteiger partial charge in [-0.25, -0.2) is 9.07 Å². The molecule has 0 unspecified atom stereocenters.